The zero-order valence-electron chi connectivity index (χ0n) is 10.4. The second-order valence-electron chi connectivity index (χ2n) is 4.68. The van der Waals surface area contributed by atoms with Crippen LogP contribution in [0.2, 0.25) is 10.0 Å². The number of halogens is 3. The van der Waals surface area contributed by atoms with Crippen LogP contribution in [0.1, 0.15) is 19.3 Å². The van der Waals surface area contributed by atoms with E-state index in [-0.39, 0.29) is 5.50 Å². The molecule has 0 saturated carbocycles. The first kappa shape index (κ1) is 13.9. The summed E-state index contributed by atoms with van der Waals surface area (Å²) in [5.74, 6) is 0.831. The normalized spacial score (nSPS) is 21.4. The number of ether oxygens (including phenoxy) is 1. The standard InChI is InChI=1S/C13H12Cl3N3O/c14-9-4-6(17)5-10(15)11(9)20-13-8-3-1-2-7(8)12(16)18-19-13/h4-5,12,18H,1-3,17H2. The Balaban J connectivity index is 1.93. The molecule has 1 aliphatic heterocycles. The van der Waals surface area contributed by atoms with Crippen molar-refractivity contribution in [3.8, 4) is 5.75 Å². The van der Waals surface area contributed by atoms with Crippen LogP contribution in [0.5, 0.6) is 5.75 Å². The van der Waals surface area contributed by atoms with Crippen LogP contribution in [0, 0.1) is 0 Å². The summed E-state index contributed by atoms with van der Waals surface area (Å²) in [6, 6.07) is 3.18. The fraction of sp³-hybridized carbons (Fsp3) is 0.308. The van der Waals surface area contributed by atoms with Crippen molar-refractivity contribution in [1.29, 1.82) is 0 Å². The maximum Gasteiger partial charge on any atom is 0.239 e. The number of nitrogens with two attached hydrogens (primary N) is 1. The van der Waals surface area contributed by atoms with Gasteiger partial charge in [-0.1, -0.05) is 34.8 Å². The van der Waals surface area contributed by atoms with Gasteiger partial charge in [0.2, 0.25) is 5.90 Å². The van der Waals surface area contributed by atoms with E-state index in [0.717, 1.165) is 30.4 Å². The van der Waals surface area contributed by atoms with Crippen molar-refractivity contribution in [3.63, 3.8) is 0 Å². The number of hydrazone groups is 1. The fourth-order valence-corrected chi connectivity index (χ4v) is 3.28. The maximum absolute atomic E-state index is 6.17. The highest BCUT2D eigenvalue weighted by molar-refractivity contribution is 6.37. The summed E-state index contributed by atoms with van der Waals surface area (Å²) < 4.78 is 5.79. The van der Waals surface area contributed by atoms with E-state index in [1.54, 1.807) is 12.1 Å². The van der Waals surface area contributed by atoms with Gasteiger partial charge in [0.15, 0.2) is 5.75 Å². The molecule has 0 bridgehead atoms. The van der Waals surface area contributed by atoms with Crippen LogP contribution in [0.15, 0.2) is 28.4 Å². The number of nitrogens with one attached hydrogen (secondary N) is 1. The minimum absolute atomic E-state index is 0.266. The van der Waals surface area contributed by atoms with Crippen LogP contribution in [-0.2, 0) is 0 Å². The van der Waals surface area contributed by atoms with Gasteiger partial charge < -0.3 is 10.5 Å². The molecule has 1 atom stereocenters. The molecule has 20 heavy (non-hydrogen) atoms. The zero-order valence-corrected chi connectivity index (χ0v) is 12.7. The molecule has 3 rings (SSSR count). The van der Waals surface area contributed by atoms with E-state index >= 15 is 0 Å². The highest BCUT2D eigenvalue weighted by Crippen LogP contribution is 2.38. The lowest BCUT2D eigenvalue weighted by Gasteiger charge is -2.21. The Bertz CT molecular complexity index is 604. The molecule has 7 heteroatoms. The average Bonchev–Trinajstić information content (AvgIpc) is 2.86. The van der Waals surface area contributed by atoms with Gasteiger partial charge in [-0.25, -0.2) is 0 Å². The van der Waals surface area contributed by atoms with Gasteiger partial charge in [0.25, 0.3) is 0 Å². The Morgan fingerprint density at radius 3 is 2.65 bits per heavy atom. The number of rotatable bonds is 1. The van der Waals surface area contributed by atoms with Gasteiger partial charge >= 0.3 is 0 Å². The molecule has 1 aromatic rings. The van der Waals surface area contributed by atoms with Crippen molar-refractivity contribution in [1.82, 2.24) is 5.43 Å². The van der Waals surface area contributed by atoms with Crippen LogP contribution < -0.4 is 15.9 Å². The van der Waals surface area contributed by atoms with Crippen molar-refractivity contribution in [2.45, 2.75) is 24.8 Å². The predicted octanol–water partition coefficient (Wildman–Crippen LogP) is 3.92. The zero-order chi connectivity index (χ0) is 14.3. The highest BCUT2D eigenvalue weighted by Gasteiger charge is 2.30. The van der Waals surface area contributed by atoms with E-state index in [9.17, 15) is 0 Å². The number of hydrogen-bond acceptors (Lipinski definition) is 4. The maximum atomic E-state index is 6.17. The lowest BCUT2D eigenvalue weighted by molar-refractivity contribution is 0.528. The van der Waals surface area contributed by atoms with E-state index in [1.165, 1.54) is 0 Å². The molecule has 0 amide bonds. The lowest BCUT2D eigenvalue weighted by Crippen LogP contribution is -2.30. The topological polar surface area (TPSA) is 59.6 Å². The van der Waals surface area contributed by atoms with E-state index in [1.807, 2.05) is 0 Å². The van der Waals surface area contributed by atoms with Crippen molar-refractivity contribution in [2.24, 2.45) is 5.10 Å². The lowest BCUT2D eigenvalue weighted by atomic mass is 10.1. The highest BCUT2D eigenvalue weighted by atomic mass is 35.5. The van der Waals surface area contributed by atoms with Crippen LogP contribution >= 0.6 is 34.8 Å². The summed E-state index contributed by atoms with van der Waals surface area (Å²) in [6.45, 7) is 0. The van der Waals surface area contributed by atoms with Crippen LogP contribution in [0.3, 0.4) is 0 Å². The van der Waals surface area contributed by atoms with Gasteiger partial charge in [-0.05, 0) is 37.0 Å². The van der Waals surface area contributed by atoms with Crippen LogP contribution in [0.4, 0.5) is 5.69 Å². The van der Waals surface area contributed by atoms with Crippen LogP contribution in [-0.4, -0.2) is 11.4 Å². The molecule has 1 aliphatic carbocycles. The Hall–Kier alpha value is -1.10. The summed E-state index contributed by atoms with van der Waals surface area (Å²) in [6.07, 6.45) is 2.88. The molecule has 2 aliphatic rings. The van der Waals surface area contributed by atoms with E-state index in [4.69, 9.17) is 45.3 Å². The molecule has 0 radical (unpaired) electrons. The average molecular weight is 333 g/mol. The number of hydrogen-bond donors (Lipinski definition) is 2. The number of alkyl halides is 1. The van der Waals surface area contributed by atoms with Gasteiger partial charge in [0.1, 0.15) is 5.50 Å². The van der Waals surface area contributed by atoms with E-state index in [2.05, 4.69) is 10.5 Å². The van der Waals surface area contributed by atoms with Crippen molar-refractivity contribution < 1.29 is 4.74 Å². The molecular weight excluding hydrogens is 321 g/mol. The minimum Gasteiger partial charge on any atom is -0.434 e. The Labute approximate surface area is 131 Å². The molecule has 0 aromatic heterocycles. The number of benzene rings is 1. The van der Waals surface area contributed by atoms with Gasteiger partial charge in [-0.3, -0.25) is 5.43 Å². The molecule has 1 unspecified atom stereocenters. The Kier molecular flexibility index (Phi) is 3.71. The fourth-order valence-electron chi connectivity index (χ4n) is 2.41. The van der Waals surface area contributed by atoms with Gasteiger partial charge in [0, 0.05) is 11.3 Å². The van der Waals surface area contributed by atoms with Gasteiger partial charge in [0.05, 0.1) is 10.0 Å². The molecule has 1 heterocycles. The predicted molar refractivity (Wildman–Crippen MR) is 82.6 cm³/mol. The third kappa shape index (κ3) is 2.43. The van der Waals surface area contributed by atoms with Crippen LogP contribution in [0.25, 0.3) is 0 Å². The quantitative estimate of drug-likeness (QED) is 0.465. The second kappa shape index (κ2) is 5.35. The molecule has 1 aromatic carbocycles. The summed E-state index contributed by atoms with van der Waals surface area (Å²) in [5, 5.41) is 4.86. The summed E-state index contributed by atoms with van der Waals surface area (Å²) in [4.78, 5) is 0. The number of nitrogens with zero attached hydrogens (tertiary/aromatic N) is 1. The molecule has 4 nitrogen and oxygen atoms in total. The molecule has 106 valence electrons. The SMILES string of the molecule is Nc1cc(Cl)c(OC2=NNC(Cl)C3=C2CCC3)c(Cl)c1. The van der Waals surface area contributed by atoms with E-state index in [0.29, 0.717) is 27.4 Å². The smallest absolute Gasteiger partial charge is 0.239 e. The molecule has 0 fully saturated rings. The van der Waals surface area contributed by atoms with E-state index < -0.39 is 0 Å². The third-order valence-electron chi connectivity index (χ3n) is 3.32. The first-order valence-electron chi connectivity index (χ1n) is 6.18. The van der Waals surface area contributed by atoms with Gasteiger partial charge in [-0.2, -0.15) is 0 Å². The molecular formula is C13H12Cl3N3O. The largest absolute Gasteiger partial charge is 0.434 e. The minimum atomic E-state index is -0.266. The Morgan fingerprint density at radius 1 is 1.25 bits per heavy atom. The van der Waals surface area contributed by atoms with Gasteiger partial charge in [-0.15, -0.1) is 5.10 Å². The monoisotopic (exact) mass is 331 g/mol. The molecule has 0 saturated heterocycles. The number of anilines is 1. The summed E-state index contributed by atoms with van der Waals surface area (Å²) in [5.41, 5.74) is 10.9. The Morgan fingerprint density at radius 2 is 1.95 bits per heavy atom. The summed E-state index contributed by atoms with van der Waals surface area (Å²) in [7, 11) is 0. The summed E-state index contributed by atoms with van der Waals surface area (Å²) >= 11 is 18.4. The van der Waals surface area contributed by atoms with Crippen molar-refractivity contribution in [2.75, 3.05) is 5.73 Å². The second-order valence-corrected chi connectivity index (χ2v) is 5.93. The van der Waals surface area contributed by atoms with Crippen molar-refractivity contribution >= 4 is 46.4 Å². The molecule has 3 N–H and O–H groups in total. The van der Waals surface area contributed by atoms with Crippen molar-refractivity contribution in [3.05, 3.63) is 33.3 Å². The first-order chi connectivity index (χ1) is 9.56. The third-order valence-corrected chi connectivity index (χ3v) is 4.25. The first-order valence-corrected chi connectivity index (χ1v) is 7.37. The number of nitrogen functional groups attached to an aromatic ring is 1. The molecule has 0 spiro atoms.